The molecule has 0 bridgehead atoms. The minimum Gasteiger partial charge on any atom is -0.376 e. The topological polar surface area (TPSA) is 105 Å². The van der Waals surface area contributed by atoms with E-state index in [2.05, 4.69) is 26.1 Å². The third-order valence-electron chi connectivity index (χ3n) is 4.27. The summed E-state index contributed by atoms with van der Waals surface area (Å²) in [7, 11) is 0. The van der Waals surface area contributed by atoms with Crippen LogP contribution < -0.4 is 16.0 Å². The smallest absolute Gasteiger partial charge is 0.325 e. The molecule has 10 heteroatoms. The Bertz CT molecular complexity index is 836. The van der Waals surface area contributed by atoms with E-state index < -0.39 is 0 Å². The quantitative estimate of drug-likeness (QED) is 0.468. The summed E-state index contributed by atoms with van der Waals surface area (Å²) in [6.45, 7) is 5.32. The molecule has 1 aromatic heterocycles. The maximum atomic E-state index is 12.1. The molecule has 0 unspecified atom stereocenters. The van der Waals surface area contributed by atoms with Crippen LogP contribution in [0.5, 0.6) is 0 Å². The van der Waals surface area contributed by atoms with E-state index in [1.54, 1.807) is 0 Å². The van der Waals surface area contributed by atoms with Crippen LogP contribution in [0.25, 0.3) is 0 Å². The lowest BCUT2D eigenvalue weighted by Crippen LogP contribution is -2.32. The highest BCUT2D eigenvalue weighted by molar-refractivity contribution is 8.01. The van der Waals surface area contributed by atoms with Crippen molar-refractivity contribution in [2.45, 2.75) is 37.1 Å². The van der Waals surface area contributed by atoms with Gasteiger partial charge in [-0.15, -0.1) is 10.2 Å². The summed E-state index contributed by atoms with van der Waals surface area (Å²) in [5.41, 5.74) is 2.98. The largest absolute Gasteiger partial charge is 0.376 e. The van der Waals surface area contributed by atoms with Gasteiger partial charge >= 0.3 is 6.03 Å². The van der Waals surface area contributed by atoms with E-state index in [1.165, 1.54) is 23.1 Å². The molecule has 150 valence electrons. The highest BCUT2D eigenvalue weighted by atomic mass is 32.2. The van der Waals surface area contributed by atoms with Gasteiger partial charge in [0.25, 0.3) is 0 Å². The van der Waals surface area contributed by atoms with Crippen molar-refractivity contribution in [3.63, 3.8) is 0 Å². The SMILES string of the molecule is Cc1ccc(NC(=O)Nc2nnc(SCC(=O)NC[C@@H]3CCCO3)s2)cc1C. The molecule has 2 heterocycles. The lowest BCUT2D eigenvalue weighted by molar-refractivity contribution is -0.119. The number of hydrogen-bond acceptors (Lipinski definition) is 7. The summed E-state index contributed by atoms with van der Waals surface area (Å²) >= 11 is 2.51. The minimum absolute atomic E-state index is 0.0716. The fourth-order valence-corrected chi connectivity index (χ4v) is 4.19. The maximum absolute atomic E-state index is 12.1. The van der Waals surface area contributed by atoms with Crippen molar-refractivity contribution in [2.24, 2.45) is 0 Å². The average Bonchev–Trinajstić information content (AvgIpc) is 3.33. The van der Waals surface area contributed by atoms with Crippen LogP contribution in [0.3, 0.4) is 0 Å². The van der Waals surface area contributed by atoms with Crippen LogP contribution >= 0.6 is 23.1 Å². The number of amides is 3. The molecule has 8 nitrogen and oxygen atoms in total. The molecule has 1 aliphatic heterocycles. The van der Waals surface area contributed by atoms with Gasteiger partial charge in [0.15, 0.2) is 4.34 Å². The Kier molecular flexibility index (Phi) is 7.24. The molecule has 1 atom stereocenters. The fourth-order valence-electron chi connectivity index (χ4n) is 2.61. The number of nitrogens with one attached hydrogen (secondary N) is 3. The third-order valence-corrected chi connectivity index (χ3v) is 6.24. The molecule has 1 aliphatic rings. The molecule has 0 spiro atoms. The summed E-state index contributed by atoms with van der Waals surface area (Å²) < 4.78 is 6.09. The number of anilines is 2. The fraction of sp³-hybridized carbons (Fsp3) is 0.444. The second-order valence-electron chi connectivity index (χ2n) is 6.48. The van der Waals surface area contributed by atoms with Gasteiger partial charge in [0, 0.05) is 18.8 Å². The summed E-state index contributed by atoms with van der Waals surface area (Å²) in [5.74, 6) is 0.175. The Balaban J connectivity index is 1.41. The summed E-state index contributed by atoms with van der Waals surface area (Å²) in [6.07, 6.45) is 2.16. The van der Waals surface area contributed by atoms with Crippen molar-refractivity contribution in [1.82, 2.24) is 15.5 Å². The predicted octanol–water partition coefficient (Wildman–Crippen LogP) is 3.19. The zero-order valence-corrected chi connectivity index (χ0v) is 17.4. The molecular formula is C18H23N5O3S2. The number of rotatable bonds is 7. The highest BCUT2D eigenvalue weighted by Gasteiger charge is 2.16. The van der Waals surface area contributed by atoms with Crippen molar-refractivity contribution < 1.29 is 14.3 Å². The van der Waals surface area contributed by atoms with Crippen molar-refractivity contribution in [1.29, 1.82) is 0 Å². The Morgan fingerprint density at radius 3 is 2.86 bits per heavy atom. The van der Waals surface area contributed by atoms with E-state index >= 15 is 0 Å². The first-order valence-corrected chi connectivity index (χ1v) is 10.8. The van der Waals surface area contributed by atoms with Crippen LogP contribution in [-0.4, -0.2) is 47.1 Å². The van der Waals surface area contributed by atoms with Gasteiger partial charge in [-0.2, -0.15) is 0 Å². The van der Waals surface area contributed by atoms with Crippen LogP contribution in [-0.2, 0) is 9.53 Å². The van der Waals surface area contributed by atoms with Crippen molar-refractivity contribution >= 4 is 45.9 Å². The Morgan fingerprint density at radius 1 is 1.25 bits per heavy atom. The number of urea groups is 1. The summed E-state index contributed by atoms with van der Waals surface area (Å²) in [5, 5.41) is 16.6. The number of carbonyl (C=O) groups excluding carboxylic acids is 2. The standard InChI is InChI=1S/C18H23N5O3S2/c1-11-5-6-13(8-12(11)2)20-16(25)21-17-22-23-18(28-17)27-10-15(24)19-9-14-4-3-7-26-14/h5-6,8,14H,3-4,7,9-10H2,1-2H3,(H,19,24)(H2,20,21,22,25)/t14-/m0/s1. The van der Waals surface area contributed by atoms with Gasteiger partial charge in [0.1, 0.15) is 0 Å². The van der Waals surface area contributed by atoms with E-state index in [0.29, 0.717) is 21.7 Å². The first-order chi connectivity index (χ1) is 13.5. The van der Waals surface area contributed by atoms with Gasteiger partial charge < -0.3 is 15.4 Å². The highest BCUT2D eigenvalue weighted by Crippen LogP contribution is 2.25. The van der Waals surface area contributed by atoms with Crippen molar-refractivity contribution in [2.75, 3.05) is 29.5 Å². The number of benzene rings is 1. The summed E-state index contributed by atoms with van der Waals surface area (Å²) in [6, 6.07) is 5.32. The Hall–Kier alpha value is -2.17. The molecule has 1 fully saturated rings. The third kappa shape index (κ3) is 6.18. The van der Waals surface area contributed by atoms with Crippen LogP contribution in [0, 0.1) is 13.8 Å². The van der Waals surface area contributed by atoms with Gasteiger partial charge in [-0.25, -0.2) is 4.79 Å². The van der Waals surface area contributed by atoms with Crippen LogP contribution in [0.15, 0.2) is 22.5 Å². The van der Waals surface area contributed by atoms with Crippen molar-refractivity contribution in [3.05, 3.63) is 29.3 Å². The van der Waals surface area contributed by atoms with Crippen LogP contribution in [0.2, 0.25) is 0 Å². The number of ether oxygens (including phenoxy) is 1. The van der Waals surface area contributed by atoms with Crippen LogP contribution in [0.1, 0.15) is 24.0 Å². The predicted molar refractivity (Wildman–Crippen MR) is 111 cm³/mol. The lowest BCUT2D eigenvalue weighted by Gasteiger charge is -2.09. The van der Waals surface area contributed by atoms with Gasteiger partial charge in [0.2, 0.25) is 11.0 Å². The molecular weight excluding hydrogens is 398 g/mol. The first-order valence-electron chi connectivity index (χ1n) is 8.99. The van der Waals surface area contributed by atoms with E-state index in [9.17, 15) is 9.59 Å². The van der Waals surface area contributed by atoms with Gasteiger partial charge in [0.05, 0.1) is 11.9 Å². The number of aromatic nitrogens is 2. The molecule has 28 heavy (non-hydrogen) atoms. The zero-order valence-electron chi connectivity index (χ0n) is 15.8. The minimum atomic E-state index is -0.384. The average molecular weight is 422 g/mol. The molecule has 3 amide bonds. The molecule has 0 aliphatic carbocycles. The van der Waals surface area contributed by atoms with E-state index in [4.69, 9.17) is 4.74 Å². The number of carbonyl (C=O) groups is 2. The number of nitrogens with zero attached hydrogens (tertiary/aromatic N) is 2. The second-order valence-corrected chi connectivity index (χ2v) is 8.68. The normalized spacial score (nSPS) is 16.0. The van der Waals surface area contributed by atoms with E-state index in [-0.39, 0.29) is 23.8 Å². The molecule has 3 rings (SSSR count). The lowest BCUT2D eigenvalue weighted by atomic mass is 10.1. The first kappa shape index (κ1) is 20.6. The van der Waals surface area contributed by atoms with Crippen LogP contribution in [0.4, 0.5) is 15.6 Å². The summed E-state index contributed by atoms with van der Waals surface area (Å²) in [4.78, 5) is 24.0. The number of aryl methyl sites for hydroxylation is 2. The Labute approximate surface area is 171 Å². The van der Waals surface area contributed by atoms with Gasteiger partial charge in [-0.05, 0) is 49.9 Å². The molecule has 2 aromatic rings. The molecule has 0 radical (unpaired) electrons. The molecule has 3 N–H and O–H groups in total. The maximum Gasteiger partial charge on any atom is 0.325 e. The van der Waals surface area contributed by atoms with Crippen molar-refractivity contribution in [3.8, 4) is 0 Å². The van der Waals surface area contributed by atoms with Gasteiger partial charge in [-0.1, -0.05) is 29.2 Å². The zero-order chi connectivity index (χ0) is 19.9. The van der Waals surface area contributed by atoms with E-state index in [0.717, 1.165) is 30.6 Å². The molecule has 0 saturated carbocycles. The Morgan fingerprint density at radius 2 is 2.11 bits per heavy atom. The number of thioether (sulfide) groups is 1. The second kappa shape index (κ2) is 9.85. The monoisotopic (exact) mass is 421 g/mol. The molecule has 1 saturated heterocycles. The van der Waals surface area contributed by atoms with Gasteiger partial charge in [-0.3, -0.25) is 10.1 Å². The van der Waals surface area contributed by atoms with E-state index in [1.807, 2.05) is 32.0 Å². The number of hydrogen-bond donors (Lipinski definition) is 3. The molecule has 1 aromatic carbocycles.